The molecule has 1 fully saturated rings. The molecular weight excluding hydrogens is 350 g/mol. The van der Waals surface area contributed by atoms with Crippen LogP contribution in [0.1, 0.15) is 31.2 Å². The third kappa shape index (κ3) is 6.22. The second-order valence-electron chi connectivity index (χ2n) is 6.25. The van der Waals surface area contributed by atoms with Crippen molar-refractivity contribution in [2.45, 2.75) is 38.3 Å². The van der Waals surface area contributed by atoms with Crippen molar-refractivity contribution in [1.29, 1.82) is 5.26 Å². The SMILES string of the molecule is N#CC(NC(=O)OCc1ccccc1)C(=O)CC1CCCCNC(=O)C1=O. The summed E-state index contributed by atoms with van der Waals surface area (Å²) in [5.41, 5.74) is 0.763. The van der Waals surface area contributed by atoms with Gasteiger partial charge in [0.1, 0.15) is 6.61 Å². The lowest BCUT2D eigenvalue weighted by atomic mass is 9.89. The summed E-state index contributed by atoms with van der Waals surface area (Å²) in [6.07, 6.45) is 0.627. The molecule has 1 aliphatic heterocycles. The van der Waals surface area contributed by atoms with E-state index in [4.69, 9.17) is 4.74 Å². The standard InChI is InChI=1S/C19H21N3O5/c20-11-15(22-19(26)27-12-13-6-2-1-3-7-13)16(23)10-14-8-4-5-9-21-18(25)17(14)24/h1-3,6-7,14-15H,4-5,8-10,12H2,(H,21,25)(H,22,26). The largest absolute Gasteiger partial charge is 0.445 e. The lowest BCUT2D eigenvalue weighted by molar-refractivity contribution is -0.141. The molecule has 8 nitrogen and oxygen atoms in total. The smallest absolute Gasteiger partial charge is 0.408 e. The maximum Gasteiger partial charge on any atom is 0.408 e. The lowest BCUT2D eigenvalue weighted by Gasteiger charge is -2.19. The monoisotopic (exact) mass is 371 g/mol. The van der Waals surface area contributed by atoms with Gasteiger partial charge < -0.3 is 10.1 Å². The number of hydrogen-bond donors (Lipinski definition) is 2. The molecule has 0 aromatic heterocycles. The van der Waals surface area contributed by atoms with Crippen LogP contribution in [-0.2, 0) is 25.7 Å². The van der Waals surface area contributed by atoms with Crippen LogP contribution in [0.4, 0.5) is 4.79 Å². The number of carbonyl (C=O) groups excluding carboxylic acids is 4. The number of carbonyl (C=O) groups is 4. The quantitative estimate of drug-likeness (QED) is 0.725. The van der Waals surface area contributed by atoms with Gasteiger partial charge in [0.05, 0.1) is 6.07 Å². The van der Waals surface area contributed by atoms with Crippen molar-refractivity contribution in [3.63, 3.8) is 0 Å². The van der Waals surface area contributed by atoms with Gasteiger partial charge in [-0.25, -0.2) is 4.79 Å². The predicted octanol–water partition coefficient (Wildman–Crippen LogP) is 1.25. The number of nitrogens with zero attached hydrogens (tertiary/aromatic N) is 1. The molecule has 27 heavy (non-hydrogen) atoms. The van der Waals surface area contributed by atoms with Crippen LogP contribution in [0.15, 0.2) is 30.3 Å². The number of nitrogens with one attached hydrogen (secondary N) is 2. The molecule has 0 radical (unpaired) electrons. The van der Waals surface area contributed by atoms with E-state index in [2.05, 4.69) is 10.6 Å². The van der Waals surface area contributed by atoms with Crippen molar-refractivity contribution in [2.75, 3.05) is 6.54 Å². The molecular formula is C19H21N3O5. The first-order valence-corrected chi connectivity index (χ1v) is 8.73. The second-order valence-corrected chi connectivity index (χ2v) is 6.25. The summed E-state index contributed by atoms with van der Waals surface area (Å²) in [6.45, 7) is 0.432. The third-order valence-corrected chi connectivity index (χ3v) is 4.23. The second kappa shape index (κ2) is 10.1. The molecule has 1 aromatic carbocycles. The van der Waals surface area contributed by atoms with Gasteiger partial charge in [-0.15, -0.1) is 0 Å². The molecule has 1 saturated heterocycles. The molecule has 2 atom stereocenters. The molecule has 1 aromatic rings. The molecule has 0 spiro atoms. The first-order valence-electron chi connectivity index (χ1n) is 8.73. The number of nitriles is 1. The maximum atomic E-state index is 12.3. The van der Waals surface area contributed by atoms with Crippen LogP contribution in [0.5, 0.6) is 0 Å². The molecule has 2 unspecified atom stereocenters. The van der Waals surface area contributed by atoms with Crippen LogP contribution < -0.4 is 10.6 Å². The molecule has 0 bridgehead atoms. The number of hydrogen-bond acceptors (Lipinski definition) is 6. The summed E-state index contributed by atoms with van der Waals surface area (Å²) in [6, 6.07) is 9.21. The van der Waals surface area contributed by atoms with E-state index in [0.717, 1.165) is 12.0 Å². The highest BCUT2D eigenvalue weighted by atomic mass is 16.5. The van der Waals surface area contributed by atoms with Crippen LogP contribution >= 0.6 is 0 Å². The van der Waals surface area contributed by atoms with E-state index in [1.54, 1.807) is 30.3 Å². The molecule has 2 rings (SSSR count). The fraction of sp³-hybridized carbons (Fsp3) is 0.421. The van der Waals surface area contributed by atoms with Gasteiger partial charge in [0.2, 0.25) is 5.78 Å². The fourth-order valence-corrected chi connectivity index (χ4v) is 2.74. The predicted molar refractivity (Wildman–Crippen MR) is 94.1 cm³/mol. The molecule has 1 aliphatic rings. The summed E-state index contributed by atoms with van der Waals surface area (Å²) in [5, 5.41) is 13.9. The van der Waals surface area contributed by atoms with Crippen molar-refractivity contribution in [1.82, 2.24) is 10.6 Å². The minimum absolute atomic E-state index is 0.000292. The number of ketones is 2. The highest BCUT2D eigenvalue weighted by Crippen LogP contribution is 2.17. The van der Waals surface area contributed by atoms with Crippen molar-refractivity contribution >= 4 is 23.6 Å². The van der Waals surface area contributed by atoms with E-state index in [1.165, 1.54) is 0 Å². The van der Waals surface area contributed by atoms with E-state index in [9.17, 15) is 24.4 Å². The Labute approximate surface area is 156 Å². The zero-order valence-electron chi connectivity index (χ0n) is 14.8. The molecule has 0 saturated carbocycles. The summed E-state index contributed by atoms with van der Waals surface area (Å²) >= 11 is 0. The van der Waals surface area contributed by atoms with Gasteiger partial charge in [-0.05, 0) is 18.4 Å². The van der Waals surface area contributed by atoms with Gasteiger partial charge in [-0.1, -0.05) is 36.8 Å². The van der Waals surface area contributed by atoms with Crippen LogP contribution in [0, 0.1) is 17.2 Å². The van der Waals surface area contributed by atoms with Gasteiger partial charge in [0.25, 0.3) is 5.91 Å². The number of amides is 2. The first kappa shape index (κ1) is 20.1. The minimum Gasteiger partial charge on any atom is -0.445 e. The Balaban J connectivity index is 1.88. The maximum absolute atomic E-state index is 12.3. The number of alkyl carbamates (subject to hydrolysis) is 1. The first-order chi connectivity index (χ1) is 13.0. The van der Waals surface area contributed by atoms with Gasteiger partial charge >= 0.3 is 6.09 Å². The zero-order valence-corrected chi connectivity index (χ0v) is 14.8. The van der Waals surface area contributed by atoms with E-state index >= 15 is 0 Å². The van der Waals surface area contributed by atoms with Crippen LogP contribution in [0.2, 0.25) is 0 Å². The normalized spacial score (nSPS) is 18.3. The number of rotatable bonds is 6. The molecule has 8 heteroatoms. The molecule has 1 heterocycles. The number of benzene rings is 1. The third-order valence-electron chi connectivity index (χ3n) is 4.23. The Hall–Kier alpha value is -3.21. The van der Waals surface area contributed by atoms with E-state index < -0.39 is 35.5 Å². The van der Waals surface area contributed by atoms with E-state index in [-0.39, 0.29) is 13.0 Å². The molecule has 0 aliphatic carbocycles. The lowest BCUT2D eigenvalue weighted by Crippen LogP contribution is -2.43. The van der Waals surface area contributed by atoms with Crippen LogP contribution in [0.3, 0.4) is 0 Å². The Bertz CT molecular complexity index is 741. The number of ether oxygens (including phenoxy) is 1. The Kier molecular flexibility index (Phi) is 7.49. The zero-order chi connectivity index (χ0) is 19.6. The fourth-order valence-electron chi connectivity index (χ4n) is 2.74. The average Bonchev–Trinajstić information content (AvgIpc) is 2.68. The highest BCUT2D eigenvalue weighted by molar-refractivity contribution is 6.37. The van der Waals surface area contributed by atoms with Crippen LogP contribution in [-0.4, -0.2) is 36.2 Å². The topological polar surface area (TPSA) is 125 Å². The van der Waals surface area contributed by atoms with Gasteiger partial charge in [-0.3, -0.25) is 19.7 Å². The summed E-state index contributed by atoms with van der Waals surface area (Å²) in [4.78, 5) is 47.9. The van der Waals surface area contributed by atoms with Crippen LogP contribution in [0.25, 0.3) is 0 Å². The molecule has 2 N–H and O–H groups in total. The van der Waals surface area contributed by atoms with E-state index in [0.29, 0.717) is 19.4 Å². The molecule has 142 valence electrons. The van der Waals surface area contributed by atoms with Crippen molar-refractivity contribution in [2.24, 2.45) is 5.92 Å². The Morgan fingerprint density at radius 1 is 1.26 bits per heavy atom. The van der Waals surface area contributed by atoms with Crippen molar-refractivity contribution in [3.8, 4) is 6.07 Å². The summed E-state index contributed by atoms with van der Waals surface area (Å²) in [5.74, 6) is -2.78. The van der Waals surface area contributed by atoms with Crippen molar-refractivity contribution < 1.29 is 23.9 Å². The van der Waals surface area contributed by atoms with Crippen molar-refractivity contribution in [3.05, 3.63) is 35.9 Å². The van der Waals surface area contributed by atoms with Gasteiger partial charge in [0, 0.05) is 18.9 Å². The minimum atomic E-state index is -1.44. The highest BCUT2D eigenvalue weighted by Gasteiger charge is 2.31. The summed E-state index contributed by atoms with van der Waals surface area (Å²) < 4.78 is 4.99. The van der Waals surface area contributed by atoms with E-state index in [1.807, 2.05) is 6.07 Å². The molecule has 2 amide bonds. The van der Waals surface area contributed by atoms with Gasteiger partial charge in [-0.2, -0.15) is 5.26 Å². The van der Waals surface area contributed by atoms with Gasteiger partial charge in [0.15, 0.2) is 11.8 Å². The Morgan fingerprint density at radius 2 is 2.00 bits per heavy atom. The summed E-state index contributed by atoms with van der Waals surface area (Å²) in [7, 11) is 0. The average molecular weight is 371 g/mol. The Morgan fingerprint density at radius 3 is 2.70 bits per heavy atom. The number of Topliss-reactive ketones (excluding diaryl/α,β-unsaturated/α-hetero) is 2.